The van der Waals surface area contributed by atoms with Gasteiger partial charge >= 0.3 is 0 Å². The van der Waals surface area contributed by atoms with E-state index in [2.05, 4.69) is 47.8 Å². The third-order valence-corrected chi connectivity index (χ3v) is 6.62. The Bertz CT molecular complexity index is 748. The van der Waals surface area contributed by atoms with Gasteiger partial charge in [-0.15, -0.1) is 0 Å². The number of fused-ring (bicyclic) bond motifs is 3. The van der Waals surface area contributed by atoms with Crippen LogP contribution in [0.15, 0.2) is 42.1 Å². The predicted octanol–water partition coefficient (Wildman–Crippen LogP) is 6.53. The number of hydrogen-bond acceptors (Lipinski definition) is 1. The molecule has 0 amide bonds. The average molecular weight is 439 g/mol. The minimum atomic E-state index is 0.575. The van der Waals surface area contributed by atoms with Gasteiger partial charge in [0.25, 0.3) is 0 Å². The van der Waals surface area contributed by atoms with E-state index in [0.717, 1.165) is 29.8 Å². The van der Waals surface area contributed by atoms with Crippen LogP contribution in [-0.4, -0.2) is 0 Å². The first-order valence-corrected chi connectivity index (χ1v) is 7.50. The summed E-state index contributed by atoms with van der Waals surface area (Å²) in [5, 5.41) is 2.61. The first-order valence-electron chi connectivity index (χ1n) is 4.74. The summed E-state index contributed by atoms with van der Waals surface area (Å²) in [7, 11) is 0. The van der Waals surface area contributed by atoms with Crippen LogP contribution in [0.2, 0.25) is 5.02 Å². The monoisotopic (exact) mass is 436 g/mol. The number of para-hydroxylation sites is 1. The molecule has 17 heavy (non-hydrogen) atoms. The Labute approximate surface area is 127 Å². The Morgan fingerprint density at radius 3 is 2.41 bits per heavy atom. The third-order valence-electron chi connectivity index (χ3n) is 2.59. The molecule has 1 nitrogen and oxygen atoms in total. The zero-order chi connectivity index (χ0) is 12.2. The van der Waals surface area contributed by atoms with E-state index >= 15 is 0 Å². The van der Waals surface area contributed by atoms with Crippen molar-refractivity contribution < 1.29 is 4.42 Å². The van der Waals surface area contributed by atoms with Gasteiger partial charge in [-0.05, 0) is 53.9 Å². The molecule has 0 spiro atoms. The first kappa shape index (κ1) is 12.0. The Morgan fingerprint density at radius 2 is 1.65 bits per heavy atom. The molecule has 0 aliphatic rings. The highest BCUT2D eigenvalue weighted by molar-refractivity contribution is 9.14. The SMILES string of the molecule is Clc1c(Br)c(Br)c(Br)c2c1oc1ccccc12. The molecule has 3 aromatic rings. The molecular weight excluding hydrogens is 435 g/mol. The molecule has 1 aromatic heterocycles. The van der Waals surface area contributed by atoms with Crippen molar-refractivity contribution in [3.8, 4) is 0 Å². The van der Waals surface area contributed by atoms with Gasteiger partial charge in [0.15, 0.2) is 5.58 Å². The maximum atomic E-state index is 6.28. The lowest BCUT2D eigenvalue weighted by Gasteiger charge is -2.04. The van der Waals surface area contributed by atoms with Crippen LogP contribution in [0.4, 0.5) is 0 Å². The van der Waals surface area contributed by atoms with Crippen molar-refractivity contribution in [1.29, 1.82) is 0 Å². The molecule has 0 aliphatic heterocycles. The van der Waals surface area contributed by atoms with Crippen molar-refractivity contribution in [3.05, 3.63) is 42.7 Å². The Hall–Kier alpha value is -0.0300. The van der Waals surface area contributed by atoms with Crippen molar-refractivity contribution in [2.45, 2.75) is 0 Å². The number of rotatable bonds is 0. The second-order valence-corrected chi connectivity index (χ2v) is 6.32. The van der Waals surface area contributed by atoms with Gasteiger partial charge in [0.2, 0.25) is 0 Å². The molecule has 0 unspecified atom stereocenters. The fourth-order valence-electron chi connectivity index (χ4n) is 1.82. The van der Waals surface area contributed by atoms with Gasteiger partial charge in [-0.2, -0.15) is 0 Å². The normalized spacial score (nSPS) is 11.5. The summed E-state index contributed by atoms with van der Waals surface area (Å²) in [5.74, 6) is 0. The minimum Gasteiger partial charge on any atom is -0.454 e. The highest BCUT2D eigenvalue weighted by Crippen LogP contribution is 2.46. The standard InChI is InChI=1S/C12H4Br3ClO/c13-8-7-5-3-1-2-4-6(5)17-12(7)11(16)10(15)9(8)14/h1-4H. The van der Waals surface area contributed by atoms with Gasteiger partial charge in [0.05, 0.1) is 9.50 Å². The van der Waals surface area contributed by atoms with E-state index in [9.17, 15) is 0 Å². The van der Waals surface area contributed by atoms with E-state index in [1.54, 1.807) is 0 Å². The van der Waals surface area contributed by atoms with Crippen molar-refractivity contribution in [3.63, 3.8) is 0 Å². The molecule has 0 aliphatic carbocycles. The van der Waals surface area contributed by atoms with Gasteiger partial charge in [0, 0.05) is 19.7 Å². The van der Waals surface area contributed by atoms with Gasteiger partial charge in [0.1, 0.15) is 5.58 Å². The summed E-state index contributed by atoms with van der Waals surface area (Å²) < 4.78 is 8.41. The van der Waals surface area contributed by atoms with E-state index in [1.165, 1.54) is 0 Å². The van der Waals surface area contributed by atoms with Gasteiger partial charge in [-0.3, -0.25) is 0 Å². The molecule has 86 valence electrons. The van der Waals surface area contributed by atoms with E-state index in [0.29, 0.717) is 10.6 Å². The Balaban J connectivity index is 2.67. The molecule has 3 rings (SSSR count). The molecule has 0 saturated heterocycles. The zero-order valence-corrected chi connectivity index (χ0v) is 13.7. The molecular formula is C12H4Br3ClO. The van der Waals surface area contributed by atoms with Crippen molar-refractivity contribution in [2.24, 2.45) is 0 Å². The fraction of sp³-hybridized carbons (Fsp3) is 0. The second kappa shape index (κ2) is 4.26. The van der Waals surface area contributed by atoms with Crippen molar-refractivity contribution in [1.82, 2.24) is 0 Å². The molecule has 0 N–H and O–H groups in total. The minimum absolute atomic E-state index is 0.575. The van der Waals surface area contributed by atoms with Crippen LogP contribution in [0, 0.1) is 0 Å². The molecule has 0 fully saturated rings. The zero-order valence-electron chi connectivity index (χ0n) is 8.23. The summed E-state index contributed by atoms with van der Waals surface area (Å²) in [6.45, 7) is 0. The van der Waals surface area contributed by atoms with Crippen LogP contribution < -0.4 is 0 Å². The van der Waals surface area contributed by atoms with Crippen molar-refractivity contribution >= 4 is 81.3 Å². The Kier molecular flexibility index (Phi) is 3.02. The van der Waals surface area contributed by atoms with Crippen LogP contribution in [-0.2, 0) is 0 Å². The smallest absolute Gasteiger partial charge is 0.156 e. The number of hydrogen-bond donors (Lipinski definition) is 0. The largest absolute Gasteiger partial charge is 0.454 e. The fourth-order valence-corrected chi connectivity index (χ4v) is 3.79. The first-order chi connectivity index (χ1) is 8.11. The molecule has 0 atom stereocenters. The molecule has 0 radical (unpaired) electrons. The number of benzene rings is 2. The molecule has 5 heteroatoms. The number of furan rings is 1. The van der Waals surface area contributed by atoms with Crippen LogP contribution in [0.5, 0.6) is 0 Å². The highest BCUT2D eigenvalue weighted by atomic mass is 79.9. The number of halogens is 4. The van der Waals surface area contributed by atoms with Crippen LogP contribution in [0.1, 0.15) is 0 Å². The van der Waals surface area contributed by atoms with Crippen molar-refractivity contribution in [2.75, 3.05) is 0 Å². The maximum Gasteiger partial charge on any atom is 0.156 e. The summed E-state index contributed by atoms with van der Waals surface area (Å²) in [6.07, 6.45) is 0. The lowest BCUT2D eigenvalue weighted by Crippen LogP contribution is -1.78. The van der Waals surface area contributed by atoms with Gasteiger partial charge < -0.3 is 4.42 Å². The molecule has 0 bridgehead atoms. The summed E-state index contributed by atoms with van der Waals surface area (Å²) in [4.78, 5) is 0. The average Bonchev–Trinajstić information content (AvgIpc) is 2.73. The molecule has 0 saturated carbocycles. The van der Waals surface area contributed by atoms with Gasteiger partial charge in [-0.25, -0.2) is 0 Å². The van der Waals surface area contributed by atoms with E-state index in [-0.39, 0.29) is 0 Å². The quantitative estimate of drug-likeness (QED) is 0.287. The van der Waals surface area contributed by atoms with E-state index in [4.69, 9.17) is 16.0 Å². The predicted molar refractivity (Wildman–Crippen MR) is 81.8 cm³/mol. The highest BCUT2D eigenvalue weighted by Gasteiger charge is 2.19. The van der Waals surface area contributed by atoms with E-state index in [1.807, 2.05) is 24.3 Å². The van der Waals surface area contributed by atoms with E-state index < -0.39 is 0 Å². The summed E-state index contributed by atoms with van der Waals surface area (Å²) in [6, 6.07) is 7.87. The third kappa shape index (κ3) is 1.69. The summed E-state index contributed by atoms with van der Waals surface area (Å²) >= 11 is 16.8. The molecule has 1 heterocycles. The van der Waals surface area contributed by atoms with Crippen LogP contribution in [0.3, 0.4) is 0 Å². The lowest BCUT2D eigenvalue weighted by atomic mass is 10.1. The summed E-state index contributed by atoms with van der Waals surface area (Å²) in [5.41, 5.74) is 1.52. The molecule has 2 aromatic carbocycles. The lowest BCUT2D eigenvalue weighted by molar-refractivity contribution is 0.668. The second-order valence-electron chi connectivity index (χ2n) is 3.56. The van der Waals surface area contributed by atoms with Crippen LogP contribution >= 0.6 is 59.4 Å². The Morgan fingerprint density at radius 1 is 0.941 bits per heavy atom. The topological polar surface area (TPSA) is 13.1 Å². The maximum absolute atomic E-state index is 6.28. The van der Waals surface area contributed by atoms with Gasteiger partial charge in [-0.1, -0.05) is 29.8 Å². The van der Waals surface area contributed by atoms with Crippen LogP contribution in [0.25, 0.3) is 21.9 Å².